The number of amides is 1. The molecule has 0 spiro atoms. The van der Waals surface area contributed by atoms with Crippen LogP contribution in [0.3, 0.4) is 0 Å². The number of Topliss-reactive ketones (excluding diaryl/α,β-unsaturated/α-hetero) is 2. The highest BCUT2D eigenvalue weighted by Crippen LogP contribution is 2.52. The van der Waals surface area contributed by atoms with E-state index in [0.717, 1.165) is 0 Å². The topological polar surface area (TPSA) is 158 Å². The summed E-state index contributed by atoms with van der Waals surface area (Å²) < 4.78 is 0. The van der Waals surface area contributed by atoms with Gasteiger partial charge in [-0.05, 0) is 42.4 Å². The molecular weight excluding hydrogens is 426 g/mol. The summed E-state index contributed by atoms with van der Waals surface area (Å²) >= 11 is 0. The van der Waals surface area contributed by atoms with Crippen LogP contribution in [0, 0.1) is 29.6 Å². The number of hydrogen-bond acceptors (Lipinski definition) is 7. The molecule has 0 radical (unpaired) electrons. The maximum Gasteiger partial charge on any atom is 0.255 e. The van der Waals surface area contributed by atoms with Gasteiger partial charge in [0.15, 0.2) is 11.4 Å². The van der Waals surface area contributed by atoms with E-state index < -0.39 is 52.0 Å². The van der Waals surface area contributed by atoms with Crippen LogP contribution in [-0.2, 0) is 20.8 Å². The third-order valence-electron chi connectivity index (χ3n) is 6.68. The molecule has 8 nitrogen and oxygen atoms in total. The van der Waals surface area contributed by atoms with Crippen molar-refractivity contribution in [1.82, 2.24) is 0 Å². The average Bonchev–Trinajstić information content (AvgIpc) is 2.71. The van der Waals surface area contributed by atoms with Gasteiger partial charge in [0.1, 0.15) is 22.8 Å². The summed E-state index contributed by atoms with van der Waals surface area (Å²) in [6.45, 7) is 4.07. The lowest BCUT2D eigenvalue weighted by molar-refractivity contribution is -0.147. The Kier molecular flexibility index (Phi) is 5.33. The van der Waals surface area contributed by atoms with Crippen molar-refractivity contribution in [3.05, 3.63) is 45.7 Å². The van der Waals surface area contributed by atoms with Crippen LogP contribution < -0.4 is 5.73 Å². The molecule has 0 aliphatic heterocycles. The van der Waals surface area contributed by atoms with Gasteiger partial charge in [-0.15, -0.1) is 0 Å². The van der Waals surface area contributed by atoms with E-state index in [4.69, 9.17) is 5.73 Å². The number of aliphatic hydroxyl groups is 3. The number of benzene rings is 1. The summed E-state index contributed by atoms with van der Waals surface area (Å²) in [6, 6.07) is 3.03. The monoisotopic (exact) mass is 451 g/mol. The maximum absolute atomic E-state index is 13.4. The molecule has 0 unspecified atom stereocenters. The molecule has 0 saturated heterocycles. The molecule has 0 aromatic heterocycles. The molecule has 1 fully saturated rings. The zero-order valence-corrected chi connectivity index (χ0v) is 18.3. The van der Waals surface area contributed by atoms with Crippen LogP contribution in [0.1, 0.15) is 49.8 Å². The number of fused-ring (bicyclic) bond motifs is 3. The average molecular weight is 451 g/mol. The predicted octanol–water partition coefficient (Wildman–Crippen LogP) is 1.82. The highest BCUT2D eigenvalue weighted by atomic mass is 16.3. The Morgan fingerprint density at radius 3 is 2.55 bits per heavy atom. The van der Waals surface area contributed by atoms with Gasteiger partial charge in [0.05, 0.1) is 5.56 Å². The molecule has 1 saturated carbocycles. The number of rotatable bonds is 2. The number of aromatic hydroxyl groups is 1. The molecule has 1 aromatic rings. The molecule has 8 heteroatoms. The fourth-order valence-electron chi connectivity index (χ4n) is 5.09. The Morgan fingerprint density at radius 1 is 1.21 bits per heavy atom. The minimum atomic E-state index is -2.56. The van der Waals surface area contributed by atoms with Gasteiger partial charge in [0, 0.05) is 29.9 Å². The number of aliphatic hydroxyl groups excluding tert-OH is 2. The molecule has 1 aromatic carbocycles. The first kappa shape index (κ1) is 22.6. The Hall–Kier alpha value is -3.57. The fraction of sp³-hybridized carbons (Fsp3) is 0.400. The Balaban J connectivity index is 1.88. The highest BCUT2D eigenvalue weighted by molar-refractivity contribution is 6.22. The van der Waals surface area contributed by atoms with Crippen LogP contribution in [0.5, 0.6) is 5.75 Å². The predicted molar refractivity (Wildman–Crippen MR) is 118 cm³/mol. The smallest absolute Gasteiger partial charge is 0.255 e. The van der Waals surface area contributed by atoms with Gasteiger partial charge in [-0.3, -0.25) is 14.4 Å². The molecule has 4 rings (SSSR count). The van der Waals surface area contributed by atoms with E-state index in [1.54, 1.807) is 6.07 Å². The van der Waals surface area contributed by atoms with Crippen molar-refractivity contribution in [1.29, 1.82) is 0 Å². The molecule has 1 amide bonds. The molecule has 6 N–H and O–H groups in total. The molecule has 172 valence electrons. The second-order valence-corrected chi connectivity index (χ2v) is 9.29. The SMILES string of the molecule is CC(C)CC#Cc1ccc(O)c2c1C[C@H]1C[C@H]3CC(=O)C(C(N)=O)=C(O)[C@@]3(O)C(=O)C1=C2O. The van der Waals surface area contributed by atoms with E-state index >= 15 is 0 Å². The third kappa shape index (κ3) is 3.31. The van der Waals surface area contributed by atoms with Crippen LogP contribution in [0.15, 0.2) is 29.0 Å². The number of ketones is 2. The number of carbonyl (C=O) groups is 3. The van der Waals surface area contributed by atoms with Crippen LogP contribution in [0.25, 0.3) is 5.76 Å². The maximum atomic E-state index is 13.4. The quantitative estimate of drug-likeness (QED) is 0.339. The lowest BCUT2D eigenvalue weighted by Crippen LogP contribution is -2.58. The van der Waals surface area contributed by atoms with Crippen molar-refractivity contribution in [2.75, 3.05) is 0 Å². The zero-order chi connectivity index (χ0) is 24.2. The summed E-state index contributed by atoms with van der Waals surface area (Å²) in [6.07, 6.45) is 0.657. The fourth-order valence-corrected chi connectivity index (χ4v) is 5.09. The summed E-state index contributed by atoms with van der Waals surface area (Å²) in [7, 11) is 0. The Bertz CT molecular complexity index is 1230. The Labute approximate surface area is 190 Å². The minimum Gasteiger partial charge on any atom is -0.508 e. The number of primary amides is 1. The second-order valence-electron chi connectivity index (χ2n) is 9.29. The lowest BCUT2D eigenvalue weighted by Gasteiger charge is -2.46. The summed E-state index contributed by atoms with van der Waals surface area (Å²) in [5.74, 6) is 0.135. The molecule has 0 heterocycles. The molecular formula is C25H25NO7. The van der Waals surface area contributed by atoms with Crippen molar-refractivity contribution < 1.29 is 34.8 Å². The van der Waals surface area contributed by atoms with E-state index in [0.29, 0.717) is 23.5 Å². The number of carbonyl (C=O) groups excluding carboxylic acids is 3. The van der Waals surface area contributed by atoms with E-state index in [1.807, 2.05) is 13.8 Å². The summed E-state index contributed by atoms with van der Waals surface area (Å²) in [5, 5.41) is 43.3. The number of hydrogen-bond donors (Lipinski definition) is 5. The first-order chi connectivity index (χ1) is 15.5. The molecule has 0 bridgehead atoms. The van der Waals surface area contributed by atoms with Crippen LogP contribution >= 0.6 is 0 Å². The highest BCUT2D eigenvalue weighted by Gasteiger charge is 2.60. The van der Waals surface area contributed by atoms with Gasteiger partial charge in [-0.1, -0.05) is 25.7 Å². The van der Waals surface area contributed by atoms with E-state index in [2.05, 4.69) is 11.8 Å². The standard InChI is InChI=1S/C25H25NO7/c1-11(2)4-3-5-12-6-7-16(27)19-15(12)9-13-8-14-10-17(28)20(24(26)32)23(31)25(14,33)22(30)18(13)21(19)29/h6-7,11,13-14,27,29,31,33H,4,8-10H2,1-2H3,(H2,26,32)/t13-,14+,25+/m1/s1. The van der Waals surface area contributed by atoms with Gasteiger partial charge >= 0.3 is 0 Å². The van der Waals surface area contributed by atoms with E-state index in [1.165, 1.54) is 6.07 Å². The van der Waals surface area contributed by atoms with Crippen LogP contribution in [-0.4, -0.2) is 43.5 Å². The van der Waals surface area contributed by atoms with Crippen molar-refractivity contribution in [2.45, 2.75) is 45.1 Å². The van der Waals surface area contributed by atoms with Crippen LogP contribution in [0.2, 0.25) is 0 Å². The first-order valence-corrected chi connectivity index (χ1v) is 10.8. The van der Waals surface area contributed by atoms with E-state index in [9.17, 15) is 34.8 Å². The number of phenolic OH excluding ortho intramolecular Hbond substituents is 1. The van der Waals surface area contributed by atoms with Crippen molar-refractivity contribution in [2.24, 2.45) is 23.5 Å². The van der Waals surface area contributed by atoms with Crippen LogP contribution in [0.4, 0.5) is 0 Å². The first-order valence-electron chi connectivity index (χ1n) is 10.8. The largest absolute Gasteiger partial charge is 0.508 e. The van der Waals surface area contributed by atoms with Crippen molar-refractivity contribution in [3.8, 4) is 17.6 Å². The molecule has 33 heavy (non-hydrogen) atoms. The number of phenols is 1. The minimum absolute atomic E-state index is 0.0541. The molecule has 3 aliphatic rings. The lowest BCUT2D eigenvalue weighted by atomic mass is 9.59. The zero-order valence-electron chi connectivity index (χ0n) is 18.3. The summed E-state index contributed by atoms with van der Waals surface area (Å²) in [5.41, 5.74) is 2.91. The third-order valence-corrected chi connectivity index (χ3v) is 6.68. The summed E-state index contributed by atoms with van der Waals surface area (Å²) in [4.78, 5) is 37.5. The van der Waals surface area contributed by atoms with Gasteiger partial charge in [0.2, 0.25) is 5.78 Å². The van der Waals surface area contributed by atoms with Crippen molar-refractivity contribution >= 4 is 23.2 Å². The van der Waals surface area contributed by atoms with Gasteiger partial charge in [-0.25, -0.2) is 0 Å². The Morgan fingerprint density at radius 2 is 1.91 bits per heavy atom. The van der Waals surface area contributed by atoms with Gasteiger partial charge in [0.25, 0.3) is 5.91 Å². The number of nitrogens with two attached hydrogens (primary N) is 1. The second kappa shape index (κ2) is 7.78. The molecule has 3 aliphatic carbocycles. The van der Waals surface area contributed by atoms with Gasteiger partial charge < -0.3 is 26.2 Å². The van der Waals surface area contributed by atoms with E-state index in [-0.39, 0.29) is 36.1 Å². The van der Waals surface area contributed by atoms with Crippen molar-refractivity contribution in [3.63, 3.8) is 0 Å². The normalized spacial score (nSPS) is 26.4. The van der Waals surface area contributed by atoms with Gasteiger partial charge in [-0.2, -0.15) is 0 Å². The molecule has 3 atom stereocenters.